The molecule has 0 nitrogen and oxygen atoms in total. The van der Waals surface area contributed by atoms with Gasteiger partial charge < -0.3 is 0 Å². The van der Waals surface area contributed by atoms with Crippen LogP contribution in [0.4, 0.5) is 0 Å². The van der Waals surface area contributed by atoms with E-state index in [0.717, 1.165) is 5.92 Å². The summed E-state index contributed by atoms with van der Waals surface area (Å²) < 4.78 is 0. The van der Waals surface area contributed by atoms with Crippen LogP contribution in [0.5, 0.6) is 0 Å². The Balaban J connectivity index is 1.66. The maximum Gasteiger partial charge on any atom is -0.00994 e. The van der Waals surface area contributed by atoms with Crippen molar-refractivity contribution in [3.8, 4) is 11.1 Å². The van der Waals surface area contributed by atoms with Gasteiger partial charge in [-0.25, -0.2) is 0 Å². The van der Waals surface area contributed by atoms with Crippen LogP contribution < -0.4 is 10.4 Å². The number of hydrogen-bond donors (Lipinski definition) is 0. The first kappa shape index (κ1) is 17.3. The summed E-state index contributed by atoms with van der Waals surface area (Å²) >= 11 is 0. The van der Waals surface area contributed by atoms with E-state index in [1.807, 2.05) is 0 Å². The van der Waals surface area contributed by atoms with Crippen LogP contribution in [-0.4, -0.2) is 0 Å². The molecule has 4 rings (SSSR count). The van der Waals surface area contributed by atoms with Crippen molar-refractivity contribution >= 4 is 12.2 Å². The maximum absolute atomic E-state index is 2.54. The van der Waals surface area contributed by atoms with Crippen molar-refractivity contribution < 1.29 is 0 Å². The zero-order chi connectivity index (χ0) is 17.8. The molecule has 2 aromatic carbocycles. The van der Waals surface area contributed by atoms with Crippen LogP contribution in [0.1, 0.15) is 57.4 Å². The summed E-state index contributed by atoms with van der Waals surface area (Å²) in [6, 6.07) is 15.9. The molecular weight excluding hydrogens is 312 g/mol. The third-order valence-corrected chi connectivity index (χ3v) is 5.90. The number of fused-ring (bicyclic) bond motifs is 1. The monoisotopic (exact) mass is 342 g/mol. The van der Waals surface area contributed by atoms with Gasteiger partial charge in [-0.2, -0.15) is 0 Å². The van der Waals surface area contributed by atoms with Gasteiger partial charge in [-0.1, -0.05) is 87.6 Å². The highest BCUT2D eigenvalue weighted by Crippen LogP contribution is 2.26. The average Bonchev–Trinajstić information content (AvgIpc) is 2.90. The third-order valence-electron chi connectivity index (χ3n) is 5.90. The largest absolute Gasteiger partial charge is 0.0741 e. The lowest BCUT2D eigenvalue weighted by Gasteiger charge is -2.08. The van der Waals surface area contributed by atoms with Crippen LogP contribution in [0.2, 0.25) is 0 Å². The van der Waals surface area contributed by atoms with Gasteiger partial charge in [-0.15, -0.1) is 0 Å². The predicted molar refractivity (Wildman–Crippen MR) is 113 cm³/mol. The molecule has 0 saturated heterocycles. The number of benzene rings is 2. The minimum Gasteiger partial charge on any atom is -0.0741 e. The molecule has 0 amide bonds. The Kier molecular flexibility index (Phi) is 5.39. The summed E-state index contributed by atoms with van der Waals surface area (Å²) in [5.74, 6) is 0.770. The fourth-order valence-electron chi connectivity index (χ4n) is 4.50. The molecule has 0 radical (unpaired) electrons. The summed E-state index contributed by atoms with van der Waals surface area (Å²) in [5.41, 5.74) is 5.56. The van der Waals surface area contributed by atoms with E-state index in [9.17, 15) is 0 Å². The van der Waals surface area contributed by atoms with Crippen molar-refractivity contribution in [2.24, 2.45) is 5.92 Å². The van der Waals surface area contributed by atoms with Crippen molar-refractivity contribution in [2.75, 3.05) is 0 Å². The van der Waals surface area contributed by atoms with Crippen molar-refractivity contribution in [2.45, 2.75) is 58.3 Å². The van der Waals surface area contributed by atoms with E-state index in [2.05, 4.69) is 67.6 Å². The Morgan fingerprint density at radius 2 is 1.65 bits per heavy atom. The molecular formula is C26H30. The molecule has 0 bridgehead atoms. The number of hydrogen-bond acceptors (Lipinski definition) is 0. The highest BCUT2D eigenvalue weighted by Gasteiger charge is 2.12. The van der Waals surface area contributed by atoms with Crippen LogP contribution >= 0.6 is 0 Å². The number of rotatable bonds is 4. The summed E-state index contributed by atoms with van der Waals surface area (Å²) in [5, 5.41) is 2.77. The number of aryl methyl sites for hydroxylation is 1. The number of allylic oxidation sites excluding steroid dienone is 2. The molecule has 0 heterocycles. The predicted octanol–water partition coefficient (Wildman–Crippen LogP) is 5.78. The zero-order valence-electron chi connectivity index (χ0n) is 16.0. The van der Waals surface area contributed by atoms with E-state index >= 15 is 0 Å². The van der Waals surface area contributed by atoms with Crippen molar-refractivity contribution in [1.82, 2.24) is 0 Å². The molecule has 1 saturated carbocycles. The second kappa shape index (κ2) is 8.08. The van der Waals surface area contributed by atoms with Gasteiger partial charge in [0.1, 0.15) is 0 Å². The van der Waals surface area contributed by atoms with Crippen molar-refractivity contribution in [1.29, 1.82) is 0 Å². The fourth-order valence-corrected chi connectivity index (χ4v) is 4.50. The molecule has 0 atom stereocenters. The molecule has 134 valence electrons. The summed E-state index contributed by atoms with van der Waals surface area (Å²) in [7, 11) is 0. The van der Waals surface area contributed by atoms with Gasteiger partial charge in [0.2, 0.25) is 0 Å². The molecule has 2 aliphatic carbocycles. The Labute approximate surface area is 158 Å². The topological polar surface area (TPSA) is 0 Å². The second-order valence-corrected chi connectivity index (χ2v) is 7.96. The Bertz CT molecular complexity index is 888. The SMILES string of the molecule is CCCc1ccc(-c2cccc3c2=CC(=CC2CCCCCC2)C=3)cc1. The third kappa shape index (κ3) is 3.85. The van der Waals surface area contributed by atoms with Crippen LogP contribution in [0.15, 0.2) is 54.1 Å². The Hall–Kier alpha value is -2.08. The molecule has 0 spiro atoms. The standard InChI is InChI=1S/C26H30/c1-2-8-20-13-15-23(16-14-20)25-12-7-11-24-18-22(19-26(24)25)17-21-9-5-3-4-6-10-21/h7,11-19,21H,2-6,8-10H2,1H3. The lowest BCUT2D eigenvalue weighted by atomic mass is 9.97. The normalized spacial score (nSPS) is 18.9. The highest BCUT2D eigenvalue weighted by atomic mass is 14.2. The summed E-state index contributed by atoms with van der Waals surface area (Å²) in [6.07, 6.45) is 18.1. The van der Waals surface area contributed by atoms with Gasteiger partial charge >= 0.3 is 0 Å². The van der Waals surface area contributed by atoms with Crippen molar-refractivity contribution in [3.05, 3.63) is 70.1 Å². The second-order valence-electron chi connectivity index (χ2n) is 7.96. The minimum absolute atomic E-state index is 0.770. The molecule has 0 aromatic heterocycles. The van der Waals surface area contributed by atoms with Gasteiger partial charge in [0, 0.05) is 0 Å². The first-order chi connectivity index (χ1) is 12.8. The van der Waals surface area contributed by atoms with Gasteiger partial charge in [0.15, 0.2) is 0 Å². The quantitative estimate of drug-likeness (QED) is 0.618. The van der Waals surface area contributed by atoms with Crippen LogP contribution in [0.25, 0.3) is 23.3 Å². The van der Waals surface area contributed by atoms with Crippen LogP contribution in [-0.2, 0) is 6.42 Å². The van der Waals surface area contributed by atoms with E-state index in [-0.39, 0.29) is 0 Å². The average molecular weight is 343 g/mol. The molecule has 0 aliphatic heterocycles. The van der Waals surface area contributed by atoms with Gasteiger partial charge in [-0.3, -0.25) is 0 Å². The van der Waals surface area contributed by atoms with E-state index < -0.39 is 0 Å². The zero-order valence-corrected chi connectivity index (χ0v) is 16.0. The van der Waals surface area contributed by atoms with E-state index in [1.54, 1.807) is 0 Å². The van der Waals surface area contributed by atoms with Crippen LogP contribution in [0, 0.1) is 5.92 Å². The maximum atomic E-state index is 2.54. The van der Waals surface area contributed by atoms with E-state index in [0.29, 0.717) is 0 Å². The smallest absolute Gasteiger partial charge is 0.00994 e. The summed E-state index contributed by atoms with van der Waals surface area (Å²) in [4.78, 5) is 0. The Morgan fingerprint density at radius 1 is 0.885 bits per heavy atom. The highest BCUT2D eigenvalue weighted by molar-refractivity contribution is 5.77. The minimum atomic E-state index is 0.770. The van der Waals surface area contributed by atoms with E-state index in [4.69, 9.17) is 0 Å². The summed E-state index contributed by atoms with van der Waals surface area (Å²) in [6.45, 7) is 2.24. The van der Waals surface area contributed by atoms with Gasteiger partial charge in [0.05, 0.1) is 0 Å². The molecule has 26 heavy (non-hydrogen) atoms. The first-order valence-corrected chi connectivity index (χ1v) is 10.5. The lowest BCUT2D eigenvalue weighted by Crippen LogP contribution is -2.22. The fraction of sp³-hybridized carbons (Fsp3) is 0.385. The van der Waals surface area contributed by atoms with Crippen molar-refractivity contribution in [3.63, 3.8) is 0 Å². The van der Waals surface area contributed by atoms with Gasteiger partial charge in [0.25, 0.3) is 0 Å². The lowest BCUT2D eigenvalue weighted by molar-refractivity contribution is 0.558. The molecule has 0 N–H and O–H groups in total. The first-order valence-electron chi connectivity index (χ1n) is 10.5. The molecule has 2 aromatic rings. The molecule has 0 heteroatoms. The molecule has 1 fully saturated rings. The Morgan fingerprint density at radius 3 is 2.38 bits per heavy atom. The molecule has 2 aliphatic rings. The van der Waals surface area contributed by atoms with Crippen LogP contribution in [0.3, 0.4) is 0 Å². The van der Waals surface area contributed by atoms with E-state index in [1.165, 1.54) is 84.1 Å². The molecule has 0 unspecified atom stereocenters. The van der Waals surface area contributed by atoms with Gasteiger partial charge in [-0.05, 0) is 70.0 Å².